The van der Waals surface area contributed by atoms with Crippen LogP contribution in [0, 0.1) is 24.5 Å². The average molecular weight is 453 g/mol. The van der Waals surface area contributed by atoms with Gasteiger partial charge in [-0.15, -0.1) is 12.8 Å². The van der Waals surface area contributed by atoms with Crippen molar-refractivity contribution >= 4 is 17.4 Å². The number of imidazole rings is 1. The minimum absolute atomic E-state index is 0.0482. The fourth-order valence-corrected chi connectivity index (χ4v) is 4.07. The molecular weight excluding hydrogens is 426 g/mol. The Bertz CT molecular complexity index is 1140. The highest BCUT2D eigenvalue weighted by Crippen LogP contribution is 2.37. The van der Waals surface area contributed by atoms with E-state index in [-0.39, 0.29) is 17.5 Å². The largest absolute Gasteiger partial charge is 0.343 e. The summed E-state index contributed by atoms with van der Waals surface area (Å²) in [6.45, 7) is 4.75. The molecule has 0 N–H and O–H groups in total. The van der Waals surface area contributed by atoms with E-state index in [0.29, 0.717) is 23.3 Å². The Morgan fingerprint density at radius 3 is 2.45 bits per heavy atom. The summed E-state index contributed by atoms with van der Waals surface area (Å²) >= 11 is 0. The number of terminal acetylenes is 1. The molecule has 0 aliphatic carbocycles. The van der Waals surface area contributed by atoms with Gasteiger partial charge in [0.1, 0.15) is 29.2 Å². The molecule has 5 rings (SSSR count). The van der Waals surface area contributed by atoms with E-state index in [4.69, 9.17) is 4.98 Å². The van der Waals surface area contributed by atoms with Gasteiger partial charge < -0.3 is 9.80 Å². The Labute approximate surface area is 192 Å². The molecule has 33 heavy (non-hydrogen) atoms. The molecule has 1 fully saturated rings. The maximum atomic E-state index is 13.7. The van der Waals surface area contributed by atoms with Gasteiger partial charge in [0.05, 0.1) is 6.20 Å². The molecule has 1 saturated heterocycles. The molecule has 0 saturated carbocycles. The van der Waals surface area contributed by atoms with Crippen molar-refractivity contribution in [2.45, 2.75) is 39.2 Å². The lowest BCUT2D eigenvalue weighted by Crippen LogP contribution is -2.54. The molecule has 0 spiro atoms. The van der Waals surface area contributed by atoms with Crippen molar-refractivity contribution < 1.29 is 13.6 Å². The molecule has 0 radical (unpaired) electrons. The van der Waals surface area contributed by atoms with Crippen LogP contribution in [-0.4, -0.2) is 45.1 Å². The molecule has 1 amide bonds. The van der Waals surface area contributed by atoms with E-state index in [0.717, 1.165) is 31.9 Å². The molecule has 4 heterocycles. The molecule has 0 bridgehead atoms. The number of carbonyl (C=O) groups excluding carboxylic acids is 1. The van der Waals surface area contributed by atoms with Gasteiger partial charge in [-0.2, -0.15) is 4.98 Å². The first-order valence-electron chi connectivity index (χ1n) is 10.8. The summed E-state index contributed by atoms with van der Waals surface area (Å²) in [6, 6.07) is 3.03. The third kappa shape index (κ3) is 4.42. The highest BCUT2D eigenvalue weighted by Gasteiger charge is 2.39. The number of nitrogens with zero attached hydrogens (tertiary/aromatic N) is 6. The first kappa shape index (κ1) is 23.9. The molecule has 2 aromatic heterocycles. The molecular formula is C24H26F2N6O. The molecule has 9 heteroatoms. The lowest BCUT2D eigenvalue weighted by molar-refractivity contribution is -0.120. The molecule has 7 nitrogen and oxygen atoms in total. The van der Waals surface area contributed by atoms with Crippen molar-refractivity contribution in [2.75, 3.05) is 23.4 Å². The lowest BCUT2D eigenvalue weighted by atomic mass is 9.98. The third-order valence-electron chi connectivity index (χ3n) is 5.47. The second kappa shape index (κ2) is 10.2. The number of halogens is 2. The van der Waals surface area contributed by atoms with E-state index in [2.05, 4.69) is 22.8 Å². The highest BCUT2D eigenvalue weighted by atomic mass is 19.1. The molecule has 1 aromatic carbocycles. The standard InChI is InChI=1S/C20H18F2N6O.C2H6.C2H2/c1-26-16-11-24-20(25-18(16)27-6-3-2-4-15(27)19(26)29)28-7-5-23-17(28)12-8-13(21)10-14(22)9-12;2*1-2/h5,7-11,15H,2-4,6H2,1H3;1-2H3;1-2H. The van der Waals surface area contributed by atoms with E-state index in [9.17, 15) is 13.6 Å². The van der Waals surface area contributed by atoms with E-state index >= 15 is 0 Å². The number of aromatic nitrogens is 4. The number of hydrogen-bond acceptors (Lipinski definition) is 5. The smallest absolute Gasteiger partial charge is 0.249 e. The van der Waals surface area contributed by atoms with Gasteiger partial charge in [-0.1, -0.05) is 13.8 Å². The Kier molecular flexibility index (Phi) is 7.38. The molecule has 1 unspecified atom stereocenters. The first-order chi connectivity index (χ1) is 16.0. The van der Waals surface area contributed by atoms with Crippen LogP contribution in [-0.2, 0) is 4.79 Å². The van der Waals surface area contributed by atoms with Crippen LogP contribution in [0.15, 0.2) is 36.8 Å². The van der Waals surface area contributed by atoms with Crippen LogP contribution in [0.2, 0.25) is 0 Å². The van der Waals surface area contributed by atoms with Crippen molar-refractivity contribution in [3.8, 4) is 30.2 Å². The molecule has 1 atom stereocenters. The second-order valence-corrected chi connectivity index (χ2v) is 7.26. The number of likely N-dealkylation sites (N-methyl/N-ethyl adjacent to an activating group) is 1. The summed E-state index contributed by atoms with van der Waals surface area (Å²) in [7, 11) is 1.73. The minimum atomic E-state index is -0.683. The minimum Gasteiger partial charge on any atom is -0.343 e. The second-order valence-electron chi connectivity index (χ2n) is 7.26. The molecule has 172 valence electrons. The Hall–Kier alpha value is -3.80. The van der Waals surface area contributed by atoms with Crippen LogP contribution in [0.5, 0.6) is 0 Å². The van der Waals surface area contributed by atoms with E-state index < -0.39 is 11.6 Å². The van der Waals surface area contributed by atoms with Gasteiger partial charge in [-0.25, -0.2) is 18.7 Å². The first-order valence-corrected chi connectivity index (χ1v) is 10.8. The lowest BCUT2D eigenvalue weighted by Gasteiger charge is -2.43. The fourth-order valence-electron chi connectivity index (χ4n) is 4.07. The Morgan fingerprint density at radius 1 is 1.06 bits per heavy atom. The van der Waals surface area contributed by atoms with E-state index in [1.807, 2.05) is 18.7 Å². The Morgan fingerprint density at radius 2 is 1.76 bits per heavy atom. The number of rotatable bonds is 2. The maximum Gasteiger partial charge on any atom is 0.249 e. The number of amides is 1. The zero-order valence-corrected chi connectivity index (χ0v) is 18.9. The maximum absolute atomic E-state index is 13.7. The SMILES string of the molecule is C#C.CC.CN1C(=O)C2CCCCN2c2nc(-n3ccnc3-c3cc(F)cc(F)c3)ncc21. The highest BCUT2D eigenvalue weighted by molar-refractivity contribution is 6.04. The predicted octanol–water partition coefficient (Wildman–Crippen LogP) is 4.22. The van der Waals surface area contributed by atoms with Crippen molar-refractivity contribution in [1.82, 2.24) is 19.5 Å². The number of fused-ring (bicyclic) bond motifs is 3. The van der Waals surface area contributed by atoms with Gasteiger partial charge in [0.25, 0.3) is 0 Å². The van der Waals surface area contributed by atoms with Crippen molar-refractivity contribution in [1.29, 1.82) is 0 Å². The molecule has 2 aliphatic heterocycles. The summed E-state index contributed by atoms with van der Waals surface area (Å²) in [5, 5.41) is 0. The fraction of sp³-hybridized carbons (Fsp3) is 0.333. The zero-order chi connectivity index (χ0) is 24.1. The van der Waals surface area contributed by atoms with E-state index in [1.165, 1.54) is 18.3 Å². The van der Waals surface area contributed by atoms with Crippen LogP contribution in [0.25, 0.3) is 17.3 Å². The van der Waals surface area contributed by atoms with Crippen LogP contribution >= 0.6 is 0 Å². The monoisotopic (exact) mass is 452 g/mol. The zero-order valence-electron chi connectivity index (χ0n) is 18.9. The topological polar surface area (TPSA) is 67.2 Å². The normalized spacial score (nSPS) is 16.6. The molecule has 3 aromatic rings. The van der Waals surface area contributed by atoms with Gasteiger partial charge in [0, 0.05) is 37.6 Å². The quantitative estimate of drug-likeness (QED) is 0.545. The van der Waals surface area contributed by atoms with Crippen LogP contribution in [0.3, 0.4) is 0 Å². The predicted molar refractivity (Wildman–Crippen MR) is 124 cm³/mol. The van der Waals surface area contributed by atoms with Gasteiger partial charge in [0.15, 0.2) is 5.82 Å². The van der Waals surface area contributed by atoms with Gasteiger partial charge >= 0.3 is 0 Å². The van der Waals surface area contributed by atoms with Crippen LogP contribution in [0.4, 0.5) is 20.3 Å². The van der Waals surface area contributed by atoms with Gasteiger partial charge in [-0.05, 0) is 31.4 Å². The van der Waals surface area contributed by atoms with Crippen molar-refractivity contribution in [3.05, 3.63) is 48.4 Å². The number of benzene rings is 1. The summed E-state index contributed by atoms with van der Waals surface area (Å²) in [6.07, 6.45) is 15.6. The number of piperidine rings is 1. The van der Waals surface area contributed by atoms with Gasteiger partial charge in [-0.3, -0.25) is 9.36 Å². The van der Waals surface area contributed by atoms with E-state index in [1.54, 1.807) is 28.9 Å². The number of anilines is 2. The summed E-state index contributed by atoms with van der Waals surface area (Å²) < 4.78 is 29.0. The molecule has 2 aliphatic rings. The summed E-state index contributed by atoms with van der Waals surface area (Å²) in [5.41, 5.74) is 0.937. The number of carbonyl (C=O) groups is 1. The van der Waals surface area contributed by atoms with Crippen LogP contribution < -0.4 is 9.80 Å². The number of hydrogen-bond donors (Lipinski definition) is 0. The van der Waals surface area contributed by atoms with Gasteiger partial charge in [0.2, 0.25) is 11.9 Å². The summed E-state index contributed by atoms with van der Waals surface area (Å²) in [4.78, 5) is 29.7. The summed E-state index contributed by atoms with van der Waals surface area (Å²) in [5.74, 6) is 0.0279. The van der Waals surface area contributed by atoms with Crippen molar-refractivity contribution in [3.63, 3.8) is 0 Å². The average Bonchev–Trinajstić information content (AvgIpc) is 3.34. The van der Waals surface area contributed by atoms with Crippen LogP contribution in [0.1, 0.15) is 33.1 Å². The Balaban J connectivity index is 0.000000728. The van der Waals surface area contributed by atoms with Crippen molar-refractivity contribution in [2.24, 2.45) is 0 Å². The third-order valence-corrected chi connectivity index (χ3v) is 5.47.